The van der Waals surface area contributed by atoms with Crippen molar-refractivity contribution < 1.29 is 14.9 Å². The maximum Gasteiger partial charge on any atom is 0.150 e. The Balaban J connectivity index is 1.55. The van der Waals surface area contributed by atoms with Gasteiger partial charge in [0, 0.05) is 41.7 Å². The Morgan fingerprint density at radius 3 is 2.77 bits per heavy atom. The van der Waals surface area contributed by atoms with Crippen LogP contribution in [0.5, 0.6) is 5.75 Å². The molecule has 6 N–H and O–H groups in total. The minimum Gasteiger partial charge on any atom is -0.505 e. The fourth-order valence-electron chi connectivity index (χ4n) is 4.27. The molecule has 8 nitrogen and oxygen atoms in total. The van der Waals surface area contributed by atoms with Gasteiger partial charge in [-0.2, -0.15) is 0 Å². The summed E-state index contributed by atoms with van der Waals surface area (Å²) in [6.45, 7) is 3.99. The van der Waals surface area contributed by atoms with Crippen molar-refractivity contribution in [2.75, 3.05) is 30.3 Å². The zero-order valence-electron chi connectivity index (χ0n) is 16.7. The number of aliphatic hydroxyl groups is 1. The predicted molar refractivity (Wildman–Crippen MR) is 117 cm³/mol. The molecule has 162 valence electrons. The molecule has 4 heterocycles. The van der Waals surface area contributed by atoms with Crippen LogP contribution in [0.25, 0.3) is 0 Å². The second-order valence-corrected chi connectivity index (χ2v) is 9.35. The van der Waals surface area contributed by atoms with E-state index in [1.165, 1.54) is 11.8 Å². The Morgan fingerprint density at radius 2 is 2.13 bits per heavy atom. The van der Waals surface area contributed by atoms with Gasteiger partial charge in [-0.15, -0.1) is 0 Å². The first-order chi connectivity index (χ1) is 14.3. The molecule has 2 saturated heterocycles. The molecule has 30 heavy (non-hydrogen) atoms. The molecule has 0 radical (unpaired) electrons. The average Bonchev–Trinajstić information content (AvgIpc) is 3.01. The zero-order valence-corrected chi connectivity index (χ0v) is 18.3. The van der Waals surface area contributed by atoms with Crippen molar-refractivity contribution >= 4 is 34.9 Å². The zero-order chi connectivity index (χ0) is 21.5. The van der Waals surface area contributed by atoms with E-state index < -0.39 is 0 Å². The lowest BCUT2D eigenvalue weighted by Crippen LogP contribution is -2.50. The van der Waals surface area contributed by atoms with Gasteiger partial charge in [0.25, 0.3) is 0 Å². The summed E-state index contributed by atoms with van der Waals surface area (Å²) in [6.07, 6.45) is 3.41. The minimum absolute atomic E-state index is 0.00140. The van der Waals surface area contributed by atoms with E-state index in [0.29, 0.717) is 27.2 Å². The van der Waals surface area contributed by atoms with Crippen molar-refractivity contribution in [3.05, 3.63) is 29.0 Å². The number of nitrogens with two attached hydrogens (primary N) is 2. The van der Waals surface area contributed by atoms with Crippen LogP contribution in [0, 0.1) is 5.41 Å². The number of anilines is 2. The van der Waals surface area contributed by atoms with Crippen molar-refractivity contribution in [2.45, 2.75) is 48.4 Å². The Kier molecular flexibility index (Phi) is 6.00. The average molecular weight is 452 g/mol. The van der Waals surface area contributed by atoms with Gasteiger partial charge < -0.3 is 31.3 Å². The van der Waals surface area contributed by atoms with E-state index in [1.54, 1.807) is 18.3 Å². The van der Waals surface area contributed by atoms with Crippen LogP contribution in [0.2, 0.25) is 5.02 Å². The molecule has 0 bridgehead atoms. The number of pyridine rings is 2. The second kappa shape index (κ2) is 8.39. The van der Waals surface area contributed by atoms with Gasteiger partial charge in [-0.05, 0) is 25.8 Å². The van der Waals surface area contributed by atoms with E-state index in [2.05, 4.69) is 14.9 Å². The molecule has 0 aliphatic carbocycles. The molecule has 2 aliphatic rings. The lowest BCUT2D eigenvalue weighted by atomic mass is 9.73. The highest BCUT2D eigenvalue weighted by Crippen LogP contribution is 2.44. The normalized spacial score (nSPS) is 23.3. The molecule has 2 aliphatic heterocycles. The van der Waals surface area contributed by atoms with Crippen LogP contribution in [-0.2, 0) is 11.3 Å². The summed E-state index contributed by atoms with van der Waals surface area (Å²) in [4.78, 5) is 11.2. The Morgan fingerprint density at radius 1 is 1.40 bits per heavy atom. The fourth-order valence-corrected chi connectivity index (χ4v) is 5.35. The Hall–Kier alpha value is -1.78. The maximum absolute atomic E-state index is 10.6. The molecule has 4 rings (SSSR count). The number of piperidine rings is 1. The number of nitrogen functional groups attached to an aromatic ring is 1. The number of hydrogen-bond acceptors (Lipinski definition) is 9. The number of nitrogens with zero attached hydrogens (tertiary/aromatic N) is 3. The number of aromatic nitrogens is 2. The maximum atomic E-state index is 10.6. The fraction of sp³-hybridized carbons (Fsp3) is 0.500. The van der Waals surface area contributed by atoms with E-state index in [0.717, 1.165) is 31.6 Å². The van der Waals surface area contributed by atoms with Crippen LogP contribution in [0.15, 0.2) is 28.3 Å². The van der Waals surface area contributed by atoms with Crippen LogP contribution in [0.4, 0.5) is 11.5 Å². The quantitative estimate of drug-likeness (QED) is 0.553. The molecular formula is C20H26ClN5O3S. The molecule has 2 aromatic rings. The van der Waals surface area contributed by atoms with Crippen LogP contribution >= 0.6 is 23.4 Å². The topological polar surface area (TPSA) is 131 Å². The van der Waals surface area contributed by atoms with E-state index >= 15 is 0 Å². The van der Waals surface area contributed by atoms with Gasteiger partial charge >= 0.3 is 0 Å². The van der Waals surface area contributed by atoms with E-state index in [1.807, 2.05) is 6.92 Å². The number of hydrogen-bond donors (Lipinski definition) is 4. The number of aromatic hydroxyl groups is 1. The number of rotatable bonds is 4. The smallest absolute Gasteiger partial charge is 0.150 e. The van der Waals surface area contributed by atoms with Crippen LogP contribution in [0.3, 0.4) is 0 Å². The molecule has 10 heteroatoms. The van der Waals surface area contributed by atoms with Crippen LogP contribution in [0.1, 0.15) is 25.5 Å². The number of ether oxygens (including phenoxy) is 1. The summed E-state index contributed by atoms with van der Waals surface area (Å²) < 4.78 is 5.79. The number of aliphatic hydroxyl groups excluding tert-OH is 1. The first kappa shape index (κ1) is 21.5. The molecule has 1 spiro atoms. The lowest BCUT2D eigenvalue weighted by Gasteiger charge is -2.42. The molecule has 2 aromatic heterocycles. The number of halogens is 1. The predicted octanol–water partition coefficient (Wildman–Crippen LogP) is 2.39. The summed E-state index contributed by atoms with van der Waals surface area (Å²) in [5.74, 6) is 0.235. The Bertz CT molecular complexity index is 939. The third-order valence-corrected chi connectivity index (χ3v) is 7.77. The summed E-state index contributed by atoms with van der Waals surface area (Å²) in [5.41, 5.74) is 13.4. The van der Waals surface area contributed by atoms with E-state index in [4.69, 9.17) is 27.8 Å². The summed E-state index contributed by atoms with van der Waals surface area (Å²) in [5, 5.41) is 21.2. The van der Waals surface area contributed by atoms with Crippen molar-refractivity contribution in [1.82, 2.24) is 9.97 Å². The summed E-state index contributed by atoms with van der Waals surface area (Å²) in [7, 11) is 0. The first-order valence-corrected chi connectivity index (χ1v) is 11.1. The second-order valence-electron chi connectivity index (χ2n) is 7.94. The van der Waals surface area contributed by atoms with Crippen LogP contribution in [-0.4, -0.2) is 52.0 Å². The van der Waals surface area contributed by atoms with Gasteiger partial charge in [0.15, 0.2) is 0 Å². The van der Waals surface area contributed by atoms with Gasteiger partial charge in [-0.3, -0.25) is 0 Å². The van der Waals surface area contributed by atoms with Gasteiger partial charge in [-0.25, -0.2) is 9.97 Å². The summed E-state index contributed by atoms with van der Waals surface area (Å²) in [6, 6.07) is 3.39. The van der Waals surface area contributed by atoms with Crippen molar-refractivity contribution in [1.29, 1.82) is 0 Å². The first-order valence-electron chi connectivity index (χ1n) is 9.88. The highest BCUT2D eigenvalue weighted by atomic mass is 35.5. The lowest BCUT2D eigenvalue weighted by molar-refractivity contribution is 0.0974. The molecule has 0 saturated carbocycles. The molecule has 2 atom stereocenters. The van der Waals surface area contributed by atoms with Crippen molar-refractivity contribution in [2.24, 2.45) is 11.1 Å². The SMILES string of the molecule is C[C@@H]1OCC2(CCN(c3cc(O)c(Sc4ccnc(N)c4Cl)nc3CO)CC2)[C@@H]1N. The van der Waals surface area contributed by atoms with Gasteiger partial charge in [-0.1, -0.05) is 23.4 Å². The summed E-state index contributed by atoms with van der Waals surface area (Å²) >= 11 is 7.39. The van der Waals surface area contributed by atoms with Gasteiger partial charge in [0.2, 0.25) is 0 Å². The van der Waals surface area contributed by atoms with Crippen molar-refractivity contribution in [3.8, 4) is 5.75 Å². The molecular weight excluding hydrogens is 426 g/mol. The van der Waals surface area contributed by atoms with E-state index in [-0.39, 0.29) is 35.7 Å². The largest absolute Gasteiger partial charge is 0.505 e. The Labute approximate surface area is 184 Å². The van der Waals surface area contributed by atoms with Crippen molar-refractivity contribution in [3.63, 3.8) is 0 Å². The third kappa shape index (κ3) is 3.80. The standard InChI is InChI=1S/C20H26ClN5O3S/c1-11-17(22)20(10-29-11)3-6-26(7-4-20)13-8-14(28)19(25-12(13)9-27)30-15-2-5-24-18(23)16(15)21/h2,5,8,11,17,27-28H,3-4,6-7,9-10,22H2,1H3,(H2,23,24)/t11-,17+/m0/s1. The highest BCUT2D eigenvalue weighted by Gasteiger charge is 2.47. The molecule has 0 amide bonds. The molecule has 0 aromatic carbocycles. The molecule has 2 fully saturated rings. The third-order valence-electron chi connectivity index (χ3n) is 6.21. The van der Waals surface area contributed by atoms with E-state index in [9.17, 15) is 10.2 Å². The highest BCUT2D eigenvalue weighted by molar-refractivity contribution is 7.99. The monoisotopic (exact) mass is 451 g/mol. The van der Waals surface area contributed by atoms with Gasteiger partial charge in [0.05, 0.1) is 35.7 Å². The minimum atomic E-state index is -0.239. The molecule has 0 unspecified atom stereocenters. The van der Waals surface area contributed by atoms with Gasteiger partial charge in [0.1, 0.15) is 16.6 Å². The van der Waals surface area contributed by atoms with Crippen LogP contribution < -0.4 is 16.4 Å².